The predicted octanol–water partition coefficient (Wildman–Crippen LogP) is 1.08. The minimum absolute atomic E-state index is 0.167. The fourth-order valence-corrected chi connectivity index (χ4v) is 3.14. The summed E-state index contributed by atoms with van der Waals surface area (Å²) in [5.41, 5.74) is 0. The van der Waals surface area contributed by atoms with Gasteiger partial charge in [0.25, 0.3) is 0 Å². The Morgan fingerprint density at radius 3 is 2.81 bits per heavy atom. The van der Waals surface area contributed by atoms with Crippen LogP contribution in [0.1, 0.15) is 33.1 Å². The highest BCUT2D eigenvalue weighted by Crippen LogP contribution is 2.26. The largest absolute Gasteiger partial charge is 0.392 e. The van der Waals surface area contributed by atoms with E-state index in [-0.39, 0.29) is 6.10 Å². The van der Waals surface area contributed by atoms with E-state index in [0.717, 1.165) is 18.9 Å². The second kappa shape index (κ2) is 5.48. The third-order valence-corrected chi connectivity index (χ3v) is 3.99. The lowest BCUT2D eigenvalue weighted by Gasteiger charge is -2.31. The Hall–Kier alpha value is -0.120. The summed E-state index contributed by atoms with van der Waals surface area (Å²) in [7, 11) is 0. The van der Waals surface area contributed by atoms with Gasteiger partial charge >= 0.3 is 0 Å². The summed E-state index contributed by atoms with van der Waals surface area (Å²) in [6, 6.07) is 0.653. The quantitative estimate of drug-likeness (QED) is 0.736. The lowest BCUT2D eigenvalue weighted by atomic mass is 9.94. The summed E-state index contributed by atoms with van der Waals surface area (Å²) >= 11 is 0. The second-order valence-electron chi connectivity index (χ2n) is 5.94. The first kappa shape index (κ1) is 12.3. The lowest BCUT2D eigenvalue weighted by molar-refractivity contribution is 0.131. The first-order valence-electron chi connectivity index (χ1n) is 6.79. The number of aliphatic hydroxyl groups excluding tert-OH is 1. The number of rotatable bonds is 5. The van der Waals surface area contributed by atoms with Crippen molar-refractivity contribution in [1.29, 1.82) is 0 Å². The standard InChI is InChI=1S/C13H26N2O/c1-10(2)7-12(16)8-14-13-4-6-15-5-3-11(13)9-15/h10-14,16H,3-9H2,1-2H3. The molecule has 2 rings (SSSR count). The van der Waals surface area contributed by atoms with E-state index >= 15 is 0 Å². The Balaban J connectivity index is 1.69. The molecule has 0 aliphatic carbocycles. The summed E-state index contributed by atoms with van der Waals surface area (Å²) in [5.74, 6) is 1.42. The minimum atomic E-state index is -0.167. The molecule has 16 heavy (non-hydrogen) atoms. The number of hydrogen-bond acceptors (Lipinski definition) is 3. The highest BCUT2D eigenvalue weighted by Gasteiger charge is 2.33. The van der Waals surface area contributed by atoms with Gasteiger partial charge in [0.05, 0.1) is 6.10 Å². The van der Waals surface area contributed by atoms with E-state index in [2.05, 4.69) is 24.1 Å². The van der Waals surface area contributed by atoms with E-state index in [9.17, 15) is 5.11 Å². The van der Waals surface area contributed by atoms with Crippen LogP contribution in [0.25, 0.3) is 0 Å². The molecule has 3 nitrogen and oxygen atoms in total. The van der Waals surface area contributed by atoms with Gasteiger partial charge in [0.2, 0.25) is 0 Å². The Kier molecular flexibility index (Phi) is 4.22. The molecule has 2 saturated heterocycles. The molecule has 0 saturated carbocycles. The second-order valence-corrected chi connectivity index (χ2v) is 5.94. The molecule has 0 aromatic carbocycles. The maximum atomic E-state index is 9.85. The topological polar surface area (TPSA) is 35.5 Å². The van der Waals surface area contributed by atoms with Crippen LogP contribution in [0.15, 0.2) is 0 Å². The highest BCUT2D eigenvalue weighted by molar-refractivity contribution is 4.90. The van der Waals surface area contributed by atoms with Gasteiger partial charge in [-0.3, -0.25) is 0 Å². The maximum Gasteiger partial charge on any atom is 0.0667 e. The predicted molar refractivity (Wildman–Crippen MR) is 66.4 cm³/mol. The number of aliphatic hydroxyl groups is 1. The van der Waals surface area contributed by atoms with E-state index in [0.29, 0.717) is 12.0 Å². The van der Waals surface area contributed by atoms with E-state index in [1.54, 1.807) is 0 Å². The Labute approximate surface area is 99.2 Å². The van der Waals surface area contributed by atoms with Crippen LogP contribution >= 0.6 is 0 Å². The molecule has 2 heterocycles. The third kappa shape index (κ3) is 3.19. The van der Waals surface area contributed by atoms with Crippen LogP contribution in [-0.2, 0) is 0 Å². The zero-order chi connectivity index (χ0) is 11.5. The van der Waals surface area contributed by atoms with Gasteiger partial charge in [0.15, 0.2) is 0 Å². The molecule has 0 spiro atoms. The van der Waals surface area contributed by atoms with E-state index in [4.69, 9.17) is 0 Å². The van der Waals surface area contributed by atoms with E-state index in [1.807, 2.05) is 0 Å². The Morgan fingerprint density at radius 2 is 2.06 bits per heavy atom. The molecule has 0 amide bonds. The highest BCUT2D eigenvalue weighted by atomic mass is 16.3. The van der Waals surface area contributed by atoms with Gasteiger partial charge in [0.1, 0.15) is 0 Å². The Morgan fingerprint density at radius 1 is 1.31 bits per heavy atom. The molecule has 4 unspecified atom stereocenters. The number of fused-ring (bicyclic) bond motifs is 2. The fraction of sp³-hybridized carbons (Fsp3) is 1.00. The monoisotopic (exact) mass is 226 g/mol. The average Bonchev–Trinajstić information content (AvgIpc) is 2.59. The molecule has 0 aromatic heterocycles. The van der Waals surface area contributed by atoms with Crippen LogP contribution in [0, 0.1) is 11.8 Å². The zero-order valence-corrected chi connectivity index (χ0v) is 10.7. The van der Waals surface area contributed by atoms with Crippen LogP contribution in [0.5, 0.6) is 0 Å². The number of nitrogens with zero attached hydrogens (tertiary/aromatic N) is 1. The van der Waals surface area contributed by atoms with Crippen LogP contribution in [0.4, 0.5) is 0 Å². The first-order valence-corrected chi connectivity index (χ1v) is 6.79. The van der Waals surface area contributed by atoms with Gasteiger partial charge in [-0.15, -0.1) is 0 Å². The maximum absolute atomic E-state index is 9.85. The van der Waals surface area contributed by atoms with Crippen LogP contribution in [0.3, 0.4) is 0 Å². The van der Waals surface area contributed by atoms with Crippen LogP contribution < -0.4 is 5.32 Å². The normalized spacial score (nSPS) is 35.6. The van der Waals surface area contributed by atoms with Crippen molar-refractivity contribution in [1.82, 2.24) is 10.2 Å². The van der Waals surface area contributed by atoms with Crippen molar-refractivity contribution < 1.29 is 5.11 Å². The summed E-state index contributed by atoms with van der Waals surface area (Å²) in [6.07, 6.45) is 3.35. The molecule has 2 fully saturated rings. The molecule has 0 aromatic rings. The van der Waals surface area contributed by atoms with Crippen molar-refractivity contribution in [2.45, 2.75) is 45.3 Å². The lowest BCUT2D eigenvalue weighted by Crippen LogP contribution is -2.46. The van der Waals surface area contributed by atoms with Gasteiger partial charge in [-0.2, -0.15) is 0 Å². The molecule has 94 valence electrons. The van der Waals surface area contributed by atoms with Crippen molar-refractivity contribution in [2.24, 2.45) is 11.8 Å². The zero-order valence-electron chi connectivity index (χ0n) is 10.7. The van der Waals surface area contributed by atoms with Crippen molar-refractivity contribution in [2.75, 3.05) is 26.2 Å². The summed E-state index contributed by atoms with van der Waals surface area (Å²) in [5, 5.41) is 13.4. The summed E-state index contributed by atoms with van der Waals surface area (Å²) in [4.78, 5) is 2.56. The van der Waals surface area contributed by atoms with Crippen molar-refractivity contribution in [3.63, 3.8) is 0 Å². The minimum Gasteiger partial charge on any atom is -0.392 e. The van der Waals surface area contributed by atoms with Crippen molar-refractivity contribution in [3.05, 3.63) is 0 Å². The average molecular weight is 226 g/mol. The third-order valence-electron chi connectivity index (χ3n) is 3.99. The smallest absolute Gasteiger partial charge is 0.0667 e. The Bertz CT molecular complexity index is 220. The van der Waals surface area contributed by atoms with Crippen LogP contribution in [0.2, 0.25) is 0 Å². The van der Waals surface area contributed by atoms with E-state index < -0.39 is 0 Å². The van der Waals surface area contributed by atoms with Gasteiger partial charge < -0.3 is 15.3 Å². The summed E-state index contributed by atoms with van der Waals surface area (Å²) < 4.78 is 0. The number of nitrogens with one attached hydrogen (secondary N) is 1. The molecule has 2 bridgehead atoms. The molecular weight excluding hydrogens is 200 g/mol. The SMILES string of the molecule is CC(C)CC(O)CNC1CCN2CCC1C2. The van der Waals surface area contributed by atoms with Crippen molar-refractivity contribution >= 4 is 0 Å². The summed E-state index contributed by atoms with van der Waals surface area (Å²) in [6.45, 7) is 8.92. The first-order chi connectivity index (χ1) is 7.65. The molecular formula is C13H26N2O. The van der Waals surface area contributed by atoms with Crippen LogP contribution in [-0.4, -0.2) is 48.3 Å². The van der Waals surface area contributed by atoms with Gasteiger partial charge in [-0.1, -0.05) is 13.8 Å². The van der Waals surface area contributed by atoms with E-state index in [1.165, 1.54) is 32.5 Å². The van der Waals surface area contributed by atoms with Gasteiger partial charge in [-0.05, 0) is 44.2 Å². The molecule has 2 N–H and O–H groups in total. The number of hydrogen-bond donors (Lipinski definition) is 2. The molecule has 4 atom stereocenters. The van der Waals surface area contributed by atoms with Crippen molar-refractivity contribution in [3.8, 4) is 0 Å². The van der Waals surface area contributed by atoms with Gasteiger partial charge in [0, 0.05) is 19.1 Å². The fourth-order valence-electron chi connectivity index (χ4n) is 3.14. The molecule has 2 aliphatic heterocycles. The molecule has 3 heteroatoms. The number of piperidine rings is 1. The molecule has 2 aliphatic rings. The van der Waals surface area contributed by atoms with Gasteiger partial charge in [-0.25, -0.2) is 0 Å². The molecule has 0 radical (unpaired) electrons.